The maximum Gasteiger partial charge on any atom is 0.224 e. The van der Waals surface area contributed by atoms with Gasteiger partial charge in [0.25, 0.3) is 0 Å². The number of carbonyl (C=O) groups is 1. The van der Waals surface area contributed by atoms with Crippen LogP contribution in [0.1, 0.15) is 20.3 Å². The van der Waals surface area contributed by atoms with Crippen LogP contribution in [0.25, 0.3) is 0 Å². The van der Waals surface area contributed by atoms with Crippen molar-refractivity contribution in [1.82, 2.24) is 10.2 Å². The van der Waals surface area contributed by atoms with Gasteiger partial charge in [-0.15, -0.1) is 0 Å². The second-order valence-electron chi connectivity index (χ2n) is 4.23. The molecule has 0 fully saturated rings. The Morgan fingerprint density at radius 2 is 1.71 bits per heavy atom. The van der Waals surface area contributed by atoms with Gasteiger partial charge in [0.05, 0.1) is 13.2 Å². The fourth-order valence-electron chi connectivity index (χ4n) is 1.39. The van der Waals surface area contributed by atoms with Crippen LogP contribution in [0.2, 0.25) is 0 Å². The van der Waals surface area contributed by atoms with E-state index in [1.807, 2.05) is 0 Å². The number of nitrogens with one attached hydrogen (secondary N) is 1. The SMILES string of the molecule is COCCN(CCOC)C(=O)CCNC(C)C. The van der Waals surface area contributed by atoms with Crippen molar-refractivity contribution in [2.45, 2.75) is 26.3 Å². The zero-order valence-corrected chi connectivity index (χ0v) is 11.5. The molecule has 0 bridgehead atoms. The van der Waals surface area contributed by atoms with Crippen molar-refractivity contribution in [2.24, 2.45) is 0 Å². The third kappa shape index (κ3) is 9.09. The number of carbonyl (C=O) groups excluding carboxylic acids is 1. The Morgan fingerprint density at radius 1 is 1.18 bits per heavy atom. The molecule has 0 aliphatic rings. The van der Waals surface area contributed by atoms with E-state index in [0.29, 0.717) is 45.3 Å². The number of hydrogen-bond donors (Lipinski definition) is 1. The van der Waals surface area contributed by atoms with Gasteiger partial charge in [-0.1, -0.05) is 13.8 Å². The van der Waals surface area contributed by atoms with Gasteiger partial charge in [-0.3, -0.25) is 4.79 Å². The van der Waals surface area contributed by atoms with Gasteiger partial charge >= 0.3 is 0 Å². The first-order valence-corrected chi connectivity index (χ1v) is 6.10. The van der Waals surface area contributed by atoms with Gasteiger partial charge in [0.2, 0.25) is 5.91 Å². The lowest BCUT2D eigenvalue weighted by molar-refractivity contribution is -0.132. The summed E-state index contributed by atoms with van der Waals surface area (Å²) in [7, 11) is 3.28. The predicted octanol–water partition coefficient (Wildman–Crippen LogP) is 0.496. The second kappa shape index (κ2) is 10.5. The molecule has 102 valence electrons. The van der Waals surface area contributed by atoms with E-state index in [2.05, 4.69) is 19.2 Å². The van der Waals surface area contributed by atoms with E-state index in [4.69, 9.17) is 9.47 Å². The van der Waals surface area contributed by atoms with E-state index in [1.54, 1.807) is 19.1 Å². The van der Waals surface area contributed by atoms with Crippen LogP contribution in [0.3, 0.4) is 0 Å². The third-order valence-electron chi connectivity index (χ3n) is 2.37. The van der Waals surface area contributed by atoms with Crippen LogP contribution in [0, 0.1) is 0 Å². The van der Waals surface area contributed by atoms with Gasteiger partial charge < -0.3 is 19.7 Å². The average Bonchev–Trinajstić information content (AvgIpc) is 2.28. The van der Waals surface area contributed by atoms with E-state index in [1.165, 1.54) is 0 Å². The highest BCUT2D eigenvalue weighted by Gasteiger charge is 2.12. The fraction of sp³-hybridized carbons (Fsp3) is 0.917. The molecular weight excluding hydrogens is 220 g/mol. The third-order valence-corrected chi connectivity index (χ3v) is 2.37. The zero-order valence-electron chi connectivity index (χ0n) is 11.5. The van der Waals surface area contributed by atoms with Crippen molar-refractivity contribution in [3.05, 3.63) is 0 Å². The van der Waals surface area contributed by atoms with E-state index >= 15 is 0 Å². The summed E-state index contributed by atoms with van der Waals surface area (Å²) in [5.74, 6) is 0.146. The molecule has 0 rings (SSSR count). The second-order valence-corrected chi connectivity index (χ2v) is 4.23. The minimum absolute atomic E-state index is 0.146. The molecule has 0 radical (unpaired) electrons. The zero-order chi connectivity index (χ0) is 13.1. The molecule has 0 aromatic heterocycles. The Morgan fingerprint density at radius 3 is 2.12 bits per heavy atom. The molecule has 0 atom stereocenters. The largest absolute Gasteiger partial charge is 0.383 e. The van der Waals surface area contributed by atoms with Gasteiger partial charge in [0, 0.05) is 46.3 Å². The number of methoxy groups -OCH3 is 2. The molecule has 0 aromatic carbocycles. The van der Waals surface area contributed by atoms with Crippen molar-refractivity contribution >= 4 is 5.91 Å². The minimum atomic E-state index is 0.146. The van der Waals surface area contributed by atoms with Crippen LogP contribution < -0.4 is 5.32 Å². The topological polar surface area (TPSA) is 50.8 Å². The number of ether oxygens (including phenoxy) is 2. The number of hydrogen-bond acceptors (Lipinski definition) is 4. The van der Waals surface area contributed by atoms with E-state index in [-0.39, 0.29) is 5.91 Å². The molecule has 17 heavy (non-hydrogen) atoms. The molecule has 0 saturated carbocycles. The van der Waals surface area contributed by atoms with Gasteiger partial charge in [-0.05, 0) is 0 Å². The summed E-state index contributed by atoms with van der Waals surface area (Å²) < 4.78 is 9.99. The van der Waals surface area contributed by atoms with Crippen LogP contribution in [0.4, 0.5) is 0 Å². The predicted molar refractivity (Wildman–Crippen MR) is 68.1 cm³/mol. The Kier molecular flexibility index (Phi) is 10.1. The summed E-state index contributed by atoms with van der Waals surface area (Å²) in [6, 6.07) is 0.411. The van der Waals surface area contributed by atoms with Crippen molar-refractivity contribution in [1.29, 1.82) is 0 Å². The van der Waals surface area contributed by atoms with Crippen LogP contribution in [0.5, 0.6) is 0 Å². The summed E-state index contributed by atoms with van der Waals surface area (Å²) in [5, 5.41) is 3.23. The highest BCUT2D eigenvalue weighted by molar-refractivity contribution is 5.76. The maximum atomic E-state index is 11.9. The summed E-state index contributed by atoms with van der Waals surface area (Å²) in [6.07, 6.45) is 0.519. The van der Waals surface area contributed by atoms with Crippen molar-refractivity contribution in [3.63, 3.8) is 0 Å². The summed E-state index contributed by atoms with van der Waals surface area (Å²) >= 11 is 0. The molecule has 0 aliphatic carbocycles. The first-order chi connectivity index (χ1) is 8.11. The highest BCUT2D eigenvalue weighted by atomic mass is 16.5. The Hall–Kier alpha value is -0.650. The normalized spacial score (nSPS) is 10.9. The van der Waals surface area contributed by atoms with Crippen LogP contribution >= 0.6 is 0 Å². The lowest BCUT2D eigenvalue weighted by Gasteiger charge is -2.22. The van der Waals surface area contributed by atoms with Gasteiger partial charge in [0.15, 0.2) is 0 Å². The molecule has 0 unspecified atom stereocenters. The Bertz CT molecular complexity index is 190. The smallest absolute Gasteiger partial charge is 0.224 e. The van der Waals surface area contributed by atoms with Crippen molar-refractivity contribution < 1.29 is 14.3 Å². The molecule has 0 aromatic rings. The van der Waals surface area contributed by atoms with E-state index in [0.717, 1.165) is 0 Å². The van der Waals surface area contributed by atoms with Crippen molar-refractivity contribution in [3.8, 4) is 0 Å². The van der Waals surface area contributed by atoms with Crippen LogP contribution in [0.15, 0.2) is 0 Å². The first-order valence-electron chi connectivity index (χ1n) is 6.10. The lowest BCUT2D eigenvalue weighted by atomic mass is 10.3. The number of nitrogens with zero attached hydrogens (tertiary/aromatic N) is 1. The molecule has 1 N–H and O–H groups in total. The fourth-order valence-corrected chi connectivity index (χ4v) is 1.39. The lowest BCUT2D eigenvalue weighted by Crippen LogP contribution is -2.38. The van der Waals surface area contributed by atoms with Gasteiger partial charge in [0.1, 0.15) is 0 Å². The van der Waals surface area contributed by atoms with Gasteiger partial charge in [-0.2, -0.15) is 0 Å². The summed E-state index contributed by atoms with van der Waals surface area (Å²) in [6.45, 7) is 7.23. The maximum absolute atomic E-state index is 11.9. The molecule has 0 heterocycles. The number of amides is 1. The molecule has 0 saturated heterocycles. The first kappa shape index (κ1) is 16.4. The monoisotopic (exact) mass is 246 g/mol. The van der Waals surface area contributed by atoms with Crippen molar-refractivity contribution in [2.75, 3.05) is 47.1 Å². The van der Waals surface area contributed by atoms with Gasteiger partial charge in [-0.25, -0.2) is 0 Å². The Balaban J connectivity index is 3.93. The molecule has 5 nitrogen and oxygen atoms in total. The van der Waals surface area contributed by atoms with E-state index in [9.17, 15) is 4.79 Å². The Labute approximate surface area is 104 Å². The average molecular weight is 246 g/mol. The molecule has 0 spiro atoms. The molecule has 0 aliphatic heterocycles. The summed E-state index contributed by atoms with van der Waals surface area (Å²) in [5.41, 5.74) is 0. The minimum Gasteiger partial charge on any atom is -0.383 e. The van der Waals surface area contributed by atoms with E-state index < -0.39 is 0 Å². The standard InChI is InChI=1S/C12H26N2O3/c1-11(2)13-6-5-12(15)14(7-9-16-3)8-10-17-4/h11,13H,5-10H2,1-4H3. The quantitative estimate of drug-likeness (QED) is 0.610. The summed E-state index contributed by atoms with van der Waals surface area (Å²) in [4.78, 5) is 13.7. The molecule has 5 heteroatoms. The molecular formula is C12H26N2O3. The molecule has 1 amide bonds. The highest BCUT2D eigenvalue weighted by Crippen LogP contribution is 1.95. The van der Waals surface area contributed by atoms with Crippen LogP contribution in [-0.4, -0.2) is 63.9 Å². The van der Waals surface area contributed by atoms with Crippen LogP contribution in [-0.2, 0) is 14.3 Å². The number of rotatable bonds is 10.